The fraction of sp³-hybridized carbons (Fsp3) is 0.167. The minimum absolute atomic E-state index is 0.304. The summed E-state index contributed by atoms with van der Waals surface area (Å²) in [6.07, 6.45) is 0. The third kappa shape index (κ3) is 1.69. The van der Waals surface area contributed by atoms with Gasteiger partial charge in [-0.2, -0.15) is 9.50 Å². The Morgan fingerprint density at radius 3 is 2.78 bits per heavy atom. The number of fused-ring (bicyclic) bond motifs is 1. The predicted molar refractivity (Wildman–Crippen MR) is 70.0 cm³/mol. The lowest BCUT2D eigenvalue weighted by molar-refractivity contribution is 0.555. The fourth-order valence-electron chi connectivity index (χ4n) is 1.77. The van der Waals surface area contributed by atoms with E-state index in [1.807, 2.05) is 25.1 Å². The minimum Gasteiger partial charge on any atom is -0.426 e. The number of nitrogens with zero attached hydrogens (tertiary/aromatic N) is 3. The van der Waals surface area contributed by atoms with Crippen molar-refractivity contribution in [3.63, 3.8) is 0 Å². The van der Waals surface area contributed by atoms with E-state index in [-0.39, 0.29) is 0 Å². The van der Waals surface area contributed by atoms with Crippen molar-refractivity contribution in [2.75, 3.05) is 0 Å². The van der Waals surface area contributed by atoms with Gasteiger partial charge in [0.2, 0.25) is 0 Å². The number of hydrogen-bond donors (Lipinski definition) is 0. The van der Waals surface area contributed by atoms with Crippen LogP contribution >= 0.6 is 23.2 Å². The fourth-order valence-corrected chi connectivity index (χ4v) is 2.23. The van der Waals surface area contributed by atoms with Crippen LogP contribution in [0.25, 0.3) is 17.2 Å². The Balaban J connectivity index is 2.18. The zero-order valence-corrected chi connectivity index (χ0v) is 11.0. The number of hydrogen-bond acceptors (Lipinski definition) is 3. The van der Waals surface area contributed by atoms with Crippen LogP contribution in [-0.4, -0.2) is 14.6 Å². The number of halogens is 2. The van der Waals surface area contributed by atoms with Crippen LogP contribution in [0, 0.1) is 6.92 Å². The molecule has 92 valence electrons. The van der Waals surface area contributed by atoms with Gasteiger partial charge < -0.3 is 4.42 Å². The molecule has 0 aliphatic heterocycles. The maximum absolute atomic E-state index is 6.11. The van der Waals surface area contributed by atoms with Gasteiger partial charge in [0.05, 0.1) is 16.6 Å². The molecule has 2 heterocycles. The summed E-state index contributed by atoms with van der Waals surface area (Å²) in [6.45, 7) is 1.89. The molecule has 0 spiro atoms. The van der Waals surface area contributed by atoms with Crippen molar-refractivity contribution in [2.45, 2.75) is 12.8 Å². The smallest absolute Gasteiger partial charge is 0.325 e. The minimum atomic E-state index is 0.304. The van der Waals surface area contributed by atoms with Gasteiger partial charge in [-0.15, -0.1) is 16.7 Å². The van der Waals surface area contributed by atoms with Crippen LogP contribution in [-0.2, 0) is 5.88 Å². The lowest BCUT2D eigenvalue weighted by atomic mass is 10.2. The second-order valence-electron chi connectivity index (χ2n) is 3.85. The SMILES string of the molecule is Cc1c(CCl)oc2nc(-c3ccccc3Cl)nn12. The largest absolute Gasteiger partial charge is 0.426 e. The monoisotopic (exact) mass is 281 g/mol. The first-order valence-corrected chi connectivity index (χ1v) is 6.28. The molecule has 0 bridgehead atoms. The first-order valence-electron chi connectivity index (χ1n) is 5.36. The van der Waals surface area contributed by atoms with Crippen molar-refractivity contribution < 1.29 is 4.42 Å². The Bertz CT molecular complexity index is 717. The van der Waals surface area contributed by atoms with Crippen LogP contribution < -0.4 is 0 Å². The number of rotatable bonds is 2. The maximum Gasteiger partial charge on any atom is 0.325 e. The third-order valence-corrected chi connectivity index (χ3v) is 3.32. The first-order chi connectivity index (χ1) is 8.70. The third-order valence-electron chi connectivity index (χ3n) is 2.75. The highest BCUT2D eigenvalue weighted by Crippen LogP contribution is 2.26. The Hall–Kier alpha value is -1.52. The van der Waals surface area contributed by atoms with Gasteiger partial charge in [0.25, 0.3) is 0 Å². The van der Waals surface area contributed by atoms with E-state index >= 15 is 0 Å². The van der Waals surface area contributed by atoms with Gasteiger partial charge >= 0.3 is 5.84 Å². The second-order valence-corrected chi connectivity index (χ2v) is 4.53. The number of aryl methyl sites for hydroxylation is 1. The maximum atomic E-state index is 6.11. The molecule has 1 aromatic carbocycles. The lowest BCUT2D eigenvalue weighted by Crippen LogP contribution is -1.90. The van der Waals surface area contributed by atoms with Crippen LogP contribution in [0.3, 0.4) is 0 Å². The molecule has 0 fully saturated rings. The average Bonchev–Trinajstić information content (AvgIpc) is 2.90. The van der Waals surface area contributed by atoms with Crippen molar-refractivity contribution in [3.8, 4) is 11.4 Å². The molecule has 0 atom stereocenters. The van der Waals surface area contributed by atoms with Gasteiger partial charge in [0.15, 0.2) is 5.82 Å². The van der Waals surface area contributed by atoms with E-state index in [9.17, 15) is 0 Å². The van der Waals surface area contributed by atoms with Crippen LogP contribution in [0.1, 0.15) is 11.5 Å². The molecule has 18 heavy (non-hydrogen) atoms. The average molecular weight is 282 g/mol. The highest BCUT2D eigenvalue weighted by atomic mass is 35.5. The van der Waals surface area contributed by atoms with Crippen LogP contribution in [0.4, 0.5) is 0 Å². The Kier molecular flexibility index (Phi) is 2.76. The molecular formula is C12H9Cl2N3O. The summed E-state index contributed by atoms with van der Waals surface area (Å²) in [5.74, 6) is 1.96. The van der Waals surface area contributed by atoms with E-state index in [4.69, 9.17) is 27.6 Å². The summed E-state index contributed by atoms with van der Waals surface area (Å²) in [4.78, 5) is 4.32. The normalized spacial score (nSPS) is 11.3. The Morgan fingerprint density at radius 1 is 1.33 bits per heavy atom. The quantitative estimate of drug-likeness (QED) is 0.673. The number of oxazole rings is 1. The summed E-state index contributed by atoms with van der Waals surface area (Å²) in [5, 5.41) is 4.99. The van der Waals surface area contributed by atoms with Crippen molar-refractivity contribution in [1.82, 2.24) is 14.6 Å². The zero-order valence-electron chi connectivity index (χ0n) is 9.52. The van der Waals surface area contributed by atoms with Gasteiger partial charge in [-0.05, 0) is 19.1 Å². The first kappa shape index (κ1) is 11.6. The summed E-state index contributed by atoms with van der Waals surface area (Å²) >= 11 is 11.9. The lowest BCUT2D eigenvalue weighted by Gasteiger charge is -1.97. The zero-order chi connectivity index (χ0) is 12.7. The summed E-state index contributed by atoms with van der Waals surface area (Å²) in [5.41, 5.74) is 1.63. The molecule has 4 nitrogen and oxygen atoms in total. The van der Waals surface area contributed by atoms with E-state index in [1.54, 1.807) is 10.6 Å². The summed E-state index contributed by atoms with van der Waals surface area (Å²) < 4.78 is 7.14. The molecule has 0 N–H and O–H groups in total. The van der Waals surface area contributed by atoms with Gasteiger partial charge in [0, 0.05) is 5.56 Å². The Morgan fingerprint density at radius 2 is 2.11 bits per heavy atom. The molecule has 0 saturated carbocycles. The predicted octanol–water partition coefficient (Wildman–Crippen LogP) is 3.69. The van der Waals surface area contributed by atoms with Crippen molar-refractivity contribution in [3.05, 3.63) is 40.7 Å². The van der Waals surface area contributed by atoms with E-state index < -0.39 is 0 Å². The highest BCUT2D eigenvalue weighted by Gasteiger charge is 2.16. The van der Waals surface area contributed by atoms with Crippen molar-refractivity contribution in [2.24, 2.45) is 0 Å². The number of aromatic nitrogens is 3. The van der Waals surface area contributed by atoms with E-state index in [1.165, 1.54) is 0 Å². The van der Waals surface area contributed by atoms with Crippen molar-refractivity contribution in [1.29, 1.82) is 0 Å². The van der Waals surface area contributed by atoms with Crippen LogP contribution in [0.15, 0.2) is 28.7 Å². The van der Waals surface area contributed by atoms with E-state index in [2.05, 4.69) is 10.1 Å². The molecule has 0 amide bonds. The summed E-state index contributed by atoms with van der Waals surface area (Å²) in [6, 6.07) is 7.43. The highest BCUT2D eigenvalue weighted by molar-refractivity contribution is 6.33. The van der Waals surface area contributed by atoms with Crippen LogP contribution in [0.5, 0.6) is 0 Å². The van der Waals surface area contributed by atoms with Crippen molar-refractivity contribution >= 4 is 29.0 Å². The second kappa shape index (κ2) is 4.30. The van der Waals surface area contributed by atoms with E-state index in [0.717, 1.165) is 11.3 Å². The van der Waals surface area contributed by atoms with Gasteiger partial charge in [0.1, 0.15) is 5.76 Å². The summed E-state index contributed by atoms with van der Waals surface area (Å²) in [7, 11) is 0. The molecule has 0 aliphatic carbocycles. The molecular weight excluding hydrogens is 273 g/mol. The van der Waals surface area contributed by atoms with Gasteiger partial charge in [-0.1, -0.05) is 23.7 Å². The topological polar surface area (TPSA) is 43.3 Å². The molecule has 3 rings (SSSR count). The molecule has 2 aromatic heterocycles. The van der Waals surface area contributed by atoms with Gasteiger partial charge in [-0.25, -0.2) is 0 Å². The van der Waals surface area contributed by atoms with Gasteiger partial charge in [-0.3, -0.25) is 0 Å². The molecule has 0 aliphatic rings. The Labute approximate surface area is 113 Å². The number of alkyl halides is 1. The molecule has 0 radical (unpaired) electrons. The van der Waals surface area contributed by atoms with Crippen LogP contribution in [0.2, 0.25) is 5.02 Å². The molecule has 0 saturated heterocycles. The molecule has 3 aromatic rings. The standard InChI is InChI=1S/C12H9Cl2N3O/c1-7-10(6-13)18-12-15-11(16-17(7)12)8-4-2-3-5-9(8)14/h2-5H,6H2,1H3. The number of benzene rings is 1. The van der Waals surface area contributed by atoms with E-state index in [0.29, 0.717) is 28.3 Å². The molecule has 0 unspecified atom stereocenters. The molecule has 6 heteroatoms.